The highest BCUT2D eigenvalue weighted by Crippen LogP contribution is 2.23. The molecule has 0 fully saturated rings. The summed E-state index contributed by atoms with van der Waals surface area (Å²) in [5, 5.41) is 4.65. The maximum Gasteiger partial charge on any atom is 0.239 e. The summed E-state index contributed by atoms with van der Waals surface area (Å²) >= 11 is 0. The largest absolute Gasteiger partial charge is 0.371 e. The van der Waals surface area contributed by atoms with E-state index < -0.39 is 41.4 Å². The van der Waals surface area contributed by atoms with E-state index >= 15 is 0 Å². The molecule has 0 saturated carbocycles. The molecule has 1 rings (SSSR count). The number of anilines is 1. The Balaban J connectivity index is 2.74. The Morgan fingerprint density at radius 3 is 2.05 bits per heavy atom. The van der Waals surface area contributed by atoms with E-state index in [4.69, 9.17) is 0 Å². The zero-order valence-electron chi connectivity index (χ0n) is 11.4. The minimum Gasteiger partial charge on any atom is -0.371 e. The highest BCUT2D eigenvalue weighted by molar-refractivity contribution is 5.81. The predicted molar refractivity (Wildman–Crippen MR) is 67.2 cm³/mol. The highest BCUT2D eigenvalue weighted by atomic mass is 19.2. The molecule has 0 spiro atoms. The molecule has 0 aliphatic rings. The SMILES string of the molecule is CC(C)C(C)NC(=O)CNc1c(F)c(F)cc(F)c1F. The quantitative estimate of drug-likeness (QED) is 0.647. The van der Waals surface area contributed by atoms with E-state index in [1.165, 1.54) is 0 Å². The molecule has 0 aliphatic carbocycles. The van der Waals surface area contributed by atoms with E-state index in [0.29, 0.717) is 0 Å². The second-order valence-corrected chi connectivity index (χ2v) is 4.80. The van der Waals surface area contributed by atoms with Gasteiger partial charge < -0.3 is 10.6 Å². The number of hydrogen-bond acceptors (Lipinski definition) is 2. The van der Waals surface area contributed by atoms with Crippen molar-refractivity contribution in [2.75, 3.05) is 11.9 Å². The third-order valence-corrected chi connectivity index (χ3v) is 2.93. The number of nitrogens with one attached hydrogen (secondary N) is 2. The molecule has 0 radical (unpaired) electrons. The van der Waals surface area contributed by atoms with Gasteiger partial charge in [0, 0.05) is 12.1 Å². The van der Waals surface area contributed by atoms with Gasteiger partial charge in [0.2, 0.25) is 5.91 Å². The van der Waals surface area contributed by atoms with E-state index in [-0.39, 0.29) is 18.0 Å². The van der Waals surface area contributed by atoms with Crippen LogP contribution in [0.25, 0.3) is 0 Å². The molecule has 1 aromatic carbocycles. The molecule has 1 aromatic rings. The molecule has 1 atom stereocenters. The lowest BCUT2D eigenvalue weighted by Gasteiger charge is -2.18. The van der Waals surface area contributed by atoms with Gasteiger partial charge in [-0.05, 0) is 12.8 Å². The molecule has 1 amide bonds. The molecule has 7 heteroatoms. The maximum atomic E-state index is 13.3. The average Bonchev–Trinajstić information content (AvgIpc) is 2.36. The van der Waals surface area contributed by atoms with Crippen LogP contribution >= 0.6 is 0 Å². The molecule has 1 unspecified atom stereocenters. The highest BCUT2D eigenvalue weighted by Gasteiger charge is 2.20. The van der Waals surface area contributed by atoms with Crippen LogP contribution in [0.2, 0.25) is 0 Å². The van der Waals surface area contributed by atoms with Gasteiger partial charge >= 0.3 is 0 Å². The Kier molecular flexibility index (Phi) is 5.35. The minimum atomic E-state index is -1.56. The lowest BCUT2D eigenvalue weighted by Crippen LogP contribution is -2.39. The van der Waals surface area contributed by atoms with E-state index in [0.717, 1.165) is 0 Å². The van der Waals surface area contributed by atoms with Gasteiger partial charge in [0.1, 0.15) is 5.69 Å². The van der Waals surface area contributed by atoms with Crippen LogP contribution in [0.1, 0.15) is 20.8 Å². The van der Waals surface area contributed by atoms with Gasteiger partial charge in [-0.3, -0.25) is 4.79 Å². The fourth-order valence-electron chi connectivity index (χ4n) is 1.37. The van der Waals surface area contributed by atoms with Gasteiger partial charge in [0.15, 0.2) is 23.3 Å². The van der Waals surface area contributed by atoms with Crippen molar-refractivity contribution in [1.29, 1.82) is 0 Å². The van der Waals surface area contributed by atoms with Gasteiger partial charge in [-0.1, -0.05) is 13.8 Å². The van der Waals surface area contributed by atoms with Crippen LogP contribution in [-0.4, -0.2) is 18.5 Å². The Hall–Kier alpha value is -1.79. The molecule has 3 nitrogen and oxygen atoms in total. The Bertz CT molecular complexity index is 479. The lowest BCUT2D eigenvalue weighted by molar-refractivity contribution is -0.120. The summed E-state index contributed by atoms with van der Waals surface area (Å²) in [7, 11) is 0. The molecule has 0 aliphatic heterocycles. The van der Waals surface area contributed by atoms with Gasteiger partial charge in [-0.2, -0.15) is 0 Å². The normalized spacial score (nSPS) is 12.4. The van der Waals surface area contributed by atoms with Crippen molar-refractivity contribution in [3.8, 4) is 0 Å². The summed E-state index contributed by atoms with van der Waals surface area (Å²) < 4.78 is 52.5. The molecule has 0 heterocycles. The number of amides is 1. The Morgan fingerprint density at radius 1 is 1.10 bits per heavy atom. The van der Waals surface area contributed by atoms with Crippen LogP contribution < -0.4 is 10.6 Å². The summed E-state index contributed by atoms with van der Waals surface area (Å²) in [4.78, 5) is 11.5. The van der Waals surface area contributed by atoms with E-state index in [2.05, 4.69) is 10.6 Å². The van der Waals surface area contributed by atoms with Crippen LogP contribution in [0.4, 0.5) is 23.2 Å². The average molecular weight is 292 g/mol. The molecule has 20 heavy (non-hydrogen) atoms. The van der Waals surface area contributed by atoms with Crippen molar-refractivity contribution < 1.29 is 22.4 Å². The van der Waals surface area contributed by atoms with Gasteiger partial charge in [-0.15, -0.1) is 0 Å². The second-order valence-electron chi connectivity index (χ2n) is 4.80. The monoisotopic (exact) mass is 292 g/mol. The number of halogens is 4. The van der Waals surface area contributed by atoms with Crippen molar-refractivity contribution in [2.45, 2.75) is 26.8 Å². The van der Waals surface area contributed by atoms with Crippen molar-refractivity contribution >= 4 is 11.6 Å². The third-order valence-electron chi connectivity index (χ3n) is 2.93. The van der Waals surface area contributed by atoms with Gasteiger partial charge in [0.05, 0.1) is 6.54 Å². The number of benzene rings is 1. The van der Waals surface area contributed by atoms with Crippen molar-refractivity contribution in [3.63, 3.8) is 0 Å². The first-order chi connectivity index (χ1) is 9.23. The number of hydrogen-bond donors (Lipinski definition) is 2. The number of rotatable bonds is 5. The van der Waals surface area contributed by atoms with Crippen LogP contribution in [0.5, 0.6) is 0 Å². The molecule has 2 N–H and O–H groups in total. The maximum absolute atomic E-state index is 13.3. The summed E-state index contributed by atoms with van der Waals surface area (Å²) in [6.07, 6.45) is 0. The summed E-state index contributed by atoms with van der Waals surface area (Å²) in [6.45, 7) is 5.05. The zero-order chi connectivity index (χ0) is 15.4. The van der Waals surface area contributed by atoms with Crippen LogP contribution in [0.15, 0.2) is 6.07 Å². The van der Waals surface area contributed by atoms with Crippen LogP contribution in [-0.2, 0) is 4.79 Å². The molecule has 0 saturated heterocycles. The fraction of sp³-hybridized carbons (Fsp3) is 0.462. The van der Waals surface area contributed by atoms with E-state index in [1.807, 2.05) is 13.8 Å². The zero-order valence-corrected chi connectivity index (χ0v) is 11.4. The number of carbonyl (C=O) groups excluding carboxylic acids is 1. The standard InChI is InChI=1S/C13H16F4N2O/c1-6(2)7(3)19-10(20)5-18-13-11(16)8(14)4-9(15)12(13)17/h4,6-7,18H,5H2,1-3H3,(H,19,20). The third kappa shape index (κ3) is 3.85. The molecule has 112 valence electrons. The van der Waals surface area contributed by atoms with Crippen molar-refractivity contribution in [2.24, 2.45) is 5.92 Å². The minimum absolute atomic E-state index is 0.108. The van der Waals surface area contributed by atoms with Crippen molar-refractivity contribution in [1.82, 2.24) is 5.32 Å². The Morgan fingerprint density at radius 2 is 1.60 bits per heavy atom. The molecule has 0 aromatic heterocycles. The molecular formula is C13H16F4N2O. The van der Waals surface area contributed by atoms with E-state index in [9.17, 15) is 22.4 Å². The van der Waals surface area contributed by atoms with Crippen LogP contribution in [0, 0.1) is 29.2 Å². The number of carbonyl (C=O) groups is 1. The summed E-state index contributed by atoms with van der Waals surface area (Å²) in [5.41, 5.74) is -0.991. The molecular weight excluding hydrogens is 276 g/mol. The lowest BCUT2D eigenvalue weighted by atomic mass is 10.1. The van der Waals surface area contributed by atoms with Gasteiger partial charge in [0.25, 0.3) is 0 Å². The first-order valence-electron chi connectivity index (χ1n) is 6.10. The fourth-order valence-corrected chi connectivity index (χ4v) is 1.37. The van der Waals surface area contributed by atoms with Gasteiger partial charge in [-0.25, -0.2) is 17.6 Å². The smallest absolute Gasteiger partial charge is 0.239 e. The first-order valence-corrected chi connectivity index (χ1v) is 6.10. The predicted octanol–water partition coefficient (Wildman–Crippen LogP) is 2.82. The topological polar surface area (TPSA) is 41.1 Å². The van der Waals surface area contributed by atoms with Crippen molar-refractivity contribution in [3.05, 3.63) is 29.3 Å². The molecule has 0 bridgehead atoms. The summed E-state index contributed by atoms with van der Waals surface area (Å²) in [6, 6.07) is -0.0280. The summed E-state index contributed by atoms with van der Waals surface area (Å²) in [5.74, 6) is -6.53. The van der Waals surface area contributed by atoms with E-state index in [1.54, 1.807) is 6.92 Å². The second kappa shape index (κ2) is 6.58. The first kappa shape index (κ1) is 16.3. The Labute approximate surface area is 114 Å². The van der Waals surface area contributed by atoms with Crippen LogP contribution in [0.3, 0.4) is 0 Å².